The molecule has 0 unspecified atom stereocenters. The van der Waals surface area contributed by atoms with Crippen molar-refractivity contribution in [3.63, 3.8) is 0 Å². The van der Waals surface area contributed by atoms with Gasteiger partial charge >= 0.3 is 0 Å². The number of fused-ring (bicyclic) bond motifs is 2. The van der Waals surface area contributed by atoms with Crippen molar-refractivity contribution >= 4 is 28.8 Å². The third kappa shape index (κ3) is 1.81. The molecule has 0 aliphatic carbocycles. The van der Waals surface area contributed by atoms with Gasteiger partial charge in [-0.25, -0.2) is 4.98 Å². The maximum atomic E-state index is 5.94. The summed E-state index contributed by atoms with van der Waals surface area (Å²) in [6, 6.07) is 8.00. The molecule has 0 atom stereocenters. The number of pyridine rings is 1. The SMILES string of the molecule is Cc1ccc2c(c1C)NCc1ccc(Cl)nc1N2. The molecule has 1 aliphatic heterocycles. The van der Waals surface area contributed by atoms with Crippen molar-refractivity contribution < 1.29 is 0 Å². The van der Waals surface area contributed by atoms with Gasteiger partial charge in [-0.1, -0.05) is 23.7 Å². The Hall–Kier alpha value is -1.74. The van der Waals surface area contributed by atoms with Gasteiger partial charge in [0.2, 0.25) is 0 Å². The third-order valence-corrected chi connectivity index (χ3v) is 3.60. The van der Waals surface area contributed by atoms with Gasteiger partial charge in [-0.3, -0.25) is 0 Å². The van der Waals surface area contributed by atoms with Gasteiger partial charge in [0, 0.05) is 12.1 Å². The first-order chi connectivity index (χ1) is 8.65. The van der Waals surface area contributed by atoms with E-state index in [0.29, 0.717) is 5.15 Å². The number of anilines is 3. The first-order valence-electron chi connectivity index (χ1n) is 5.91. The van der Waals surface area contributed by atoms with Gasteiger partial charge in [-0.15, -0.1) is 0 Å². The Bertz CT molecular complexity index is 623. The van der Waals surface area contributed by atoms with Crippen LogP contribution in [-0.4, -0.2) is 4.98 Å². The van der Waals surface area contributed by atoms with Crippen LogP contribution in [-0.2, 0) is 6.54 Å². The topological polar surface area (TPSA) is 37.0 Å². The Morgan fingerprint density at radius 3 is 2.83 bits per heavy atom. The van der Waals surface area contributed by atoms with E-state index in [9.17, 15) is 0 Å². The van der Waals surface area contributed by atoms with Crippen LogP contribution >= 0.6 is 11.6 Å². The fourth-order valence-corrected chi connectivity index (χ4v) is 2.32. The molecule has 2 aromatic rings. The number of benzene rings is 1. The second-order valence-corrected chi connectivity index (χ2v) is 4.94. The number of nitrogens with zero attached hydrogens (tertiary/aromatic N) is 1. The zero-order chi connectivity index (χ0) is 12.7. The molecular formula is C14H14ClN3. The number of aromatic nitrogens is 1. The molecule has 0 fully saturated rings. The smallest absolute Gasteiger partial charge is 0.137 e. The van der Waals surface area contributed by atoms with E-state index in [1.54, 1.807) is 0 Å². The van der Waals surface area contributed by atoms with E-state index in [2.05, 4.69) is 41.6 Å². The predicted molar refractivity (Wildman–Crippen MR) is 75.8 cm³/mol. The van der Waals surface area contributed by atoms with Gasteiger partial charge in [-0.2, -0.15) is 0 Å². The Morgan fingerprint density at radius 1 is 1.17 bits per heavy atom. The standard InChI is InChI=1S/C14H14ClN3/c1-8-3-5-11-13(9(8)2)16-7-10-4-6-12(15)18-14(10)17-11/h3-6,16H,7H2,1-2H3,(H,17,18). The lowest BCUT2D eigenvalue weighted by Gasteiger charge is -2.13. The van der Waals surface area contributed by atoms with Crippen molar-refractivity contribution in [2.24, 2.45) is 0 Å². The molecule has 0 saturated heterocycles. The number of hydrogen-bond acceptors (Lipinski definition) is 3. The maximum absolute atomic E-state index is 5.94. The minimum Gasteiger partial charge on any atom is -0.379 e. The van der Waals surface area contributed by atoms with Crippen molar-refractivity contribution in [3.8, 4) is 0 Å². The lowest BCUT2D eigenvalue weighted by Crippen LogP contribution is -2.00. The van der Waals surface area contributed by atoms with Gasteiger partial charge < -0.3 is 10.6 Å². The number of hydrogen-bond donors (Lipinski definition) is 2. The highest BCUT2D eigenvalue weighted by molar-refractivity contribution is 6.29. The Kier molecular flexibility index (Phi) is 2.63. The summed E-state index contributed by atoms with van der Waals surface area (Å²) in [6.45, 7) is 4.99. The molecule has 1 aromatic carbocycles. The van der Waals surface area contributed by atoms with Crippen LogP contribution in [0.5, 0.6) is 0 Å². The number of aryl methyl sites for hydroxylation is 1. The number of rotatable bonds is 0. The molecule has 0 bridgehead atoms. The summed E-state index contributed by atoms with van der Waals surface area (Å²) in [4.78, 5) is 4.34. The van der Waals surface area contributed by atoms with E-state index in [1.165, 1.54) is 11.1 Å². The highest BCUT2D eigenvalue weighted by Crippen LogP contribution is 2.34. The molecule has 0 saturated carbocycles. The number of nitrogens with one attached hydrogen (secondary N) is 2. The predicted octanol–water partition coefficient (Wildman–Crippen LogP) is 4.02. The average Bonchev–Trinajstić information content (AvgIpc) is 2.53. The van der Waals surface area contributed by atoms with Crippen molar-refractivity contribution in [2.45, 2.75) is 20.4 Å². The summed E-state index contributed by atoms with van der Waals surface area (Å²) < 4.78 is 0. The summed E-state index contributed by atoms with van der Waals surface area (Å²) in [5.74, 6) is 0.831. The van der Waals surface area contributed by atoms with Crippen molar-refractivity contribution in [2.75, 3.05) is 10.6 Å². The molecule has 0 amide bonds. The van der Waals surface area contributed by atoms with Crippen molar-refractivity contribution in [1.82, 2.24) is 4.98 Å². The average molecular weight is 260 g/mol. The van der Waals surface area contributed by atoms with E-state index in [4.69, 9.17) is 11.6 Å². The van der Waals surface area contributed by atoms with Crippen LogP contribution in [0.15, 0.2) is 24.3 Å². The molecule has 2 N–H and O–H groups in total. The molecule has 0 radical (unpaired) electrons. The zero-order valence-corrected chi connectivity index (χ0v) is 11.1. The van der Waals surface area contributed by atoms with Crippen LogP contribution in [0.25, 0.3) is 0 Å². The molecule has 18 heavy (non-hydrogen) atoms. The number of halogens is 1. The molecular weight excluding hydrogens is 246 g/mol. The second-order valence-electron chi connectivity index (χ2n) is 4.55. The summed E-state index contributed by atoms with van der Waals surface area (Å²) in [7, 11) is 0. The van der Waals surface area contributed by atoms with Crippen molar-refractivity contribution in [1.29, 1.82) is 0 Å². The molecule has 4 heteroatoms. The fourth-order valence-electron chi connectivity index (χ4n) is 2.17. The van der Waals surface area contributed by atoms with Gasteiger partial charge in [0.15, 0.2) is 0 Å². The second kappa shape index (κ2) is 4.18. The summed E-state index contributed by atoms with van der Waals surface area (Å²) in [5.41, 5.74) is 5.85. The lowest BCUT2D eigenvalue weighted by molar-refractivity contribution is 1.13. The third-order valence-electron chi connectivity index (χ3n) is 3.39. The van der Waals surface area contributed by atoms with E-state index >= 15 is 0 Å². The largest absolute Gasteiger partial charge is 0.379 e. The molecule has 2 heterocycles. The van der Waals surface area contributed by atoms with E-state index in [0.717, 1.165) is 29.3 Å². The highest BCUT2D eigenvalue weighted by atomic mass is 35.5. The summed E-state index contributed by atoms with van der Waals surface area (Å²) in [5, 5.41) is 7.33. The van der Waals surface area contributed by atoms with E-state index < -0.39 is 0 Å². The van der Waals surface area contributed by atoms with Gasteiger partial charge in [-0.05, 0) is 37.1 Å². The fraction of sp³-hybridized carbons (Fsp3) is 0.214. The molecule has 3 rings (SSSR count). The minimum atomic E-state index is 0.508. The van der Waals surface area contributed by atoms with Crippen LogP contribution < -0.4 is 10.6 Å². The van der Waals surface area contributed by atoms with Gasteiger partial charge in [0.1, 0.15) is 11.0 Å². The summed E-state index contributed by atoms with van der Waals surface area (Å²) in [6.07, 6.45) is 0. The Labute approximate surface area is 111 Å². The van der Waals surface area contributed by atoms with Crippen LogP contribution in [0.2, 0.25) is 5.15 Å². The van der Waals surface area contributed by atoms with Crippen LogP contribution in [0, 0.1) is 13.8 Å². The zero-order valence-electron chi connectivity index (χ0n) is 10.3. The van der Waals surface area contributed by atoms with Crippen molar-refractivity contribution in [3.05, 3.63) is 46.1 Å². The minimum absolute atomic E-state index is 0.508. The first-order valence-corrected chi connectivity index (χ1v) is 6.29. The van der Waals surface area contributed by atoms with Crippen LogP contribution in [0.4, 0.5) is 17.2 Å². The summed E-state index contributed by atoms with van der Waals surface area (Å²) >= 11 is 5.94. The first kappa shape index (κ1) is 11.4. The van der Waals surface area contributed by atoms with Crippen LogP contribution in [0.1, 0.15) is 16.7 Å². The van der Waals surface area contributed by atoms with E-state index in [-0.39, 0.29) is 0 Å². The monoisotopic (exact) mass is 259 g/mol. The molecule has 1 aromatic heterocycles. The molecule has 3 nitrogen and oxygen atoms in total. The highest BCUT2D eigenvalue weighted by Gasteiger charge is 2.15. The molecule has 0 spiro atoms. The Morgan fingerprint density at radius 2 is 2.00 bits per heavy atom. The quantitative estimate of drug-likeness (QED) is 0.702. The maximum Gasteiger partial charge on any atom is 0.137 e. The van der Waals surface area contributed by atoms with E-state index in [1.807, 2.05) is 12.1 Å². The van der Waals surface area contributed by atoms with Crippen LogP contribution in [0.3, 0.4) is 0 Å². The molecule has 1 aliphatic rings. The Balaban J connectivity index is 2.12. The van der Waals surface area contributed by atoms with Gasteiger partial charge in [0.05, 0.1) is 11.4 Å². The van der Waals surface area contributed by atoms with Gasteiger partial charge in [0.25, 0.3) is 0 Å². The lowest BCUT2D eigenvalue weighted by atomic mass is 10.1. The normalized spacial score (nSPS) is 12.8. The molecule has 92 valence electrons.